The quantitative estimate of drug-likeness (QED) is 0.797. The van der Waals surface area contributed by atoms with E-state index < -0.39 is 0 Å². The molecule has 1 N–H and O–H groups in total. The number of carbonyl (C=O) groups excluding carboxylic acids is 1. The van der Waals surface area contributed by atoms with E-state index in [0.29, 0.717) is 26.0 Å². The van der Waals surface area contributed by atoms with Crippen molar-refractivity contribution >= 4 is 5.91 Å². The standard InChI is InChI=1S/C18H24N2O3/c1-12-9-13(2)11-16(10-12)22-8-7-19-18(21)6-5-17-14(3)20-23-15(17)4/h9-11H,5-8H2,1-4H3,(H,19,21). The van der Waals surface area contributed by atoms with E-state index in [1.54, 1.807) is 0 Å². The van der Waals surface area contributed by atoms with Gasteiger partial charge in [0, 0.05) is 12.0 Å². The van der Waals surface area contributed by atoms with Gasteiger partial charge in [-0.05, 0) is 57.4 Å². The maximum absolute atomic E-state index is 11.9. The Morgan fingerprint density at radius 3 is 2.48 bits per heavy atom. The zero-order valence-corrected chi connectivity index (χ0v) is 14.2. The van der Waals surface area contributed by atoms with E-state index in [4.69, 9.17) is 9.26 Å². The van der Waals surface area contributed by atoms with Crippen molar-refractivity contribution in [1.82, 2.24) is 10.5 Å². The molecule has 0 bridgehead atoms. The van der Waals surface area contributed by atoms with Crippen molar-refractivity contribution < 1.29 is 14.1 Å². The summed E-state index contributed by atoms with van der Waals surface area (Å²) in [7, 11) is 0. The average Bonchev–Trinajstić information content (AvgIpc) is 2.79. The summed E-state index contributed by atoms with van der Waals surface area (Å²) in [6, 6.07) is 6.09. The predicted octanol–water partition coefficient (Wildman–Crippen LogP) is 3.04. The largest absolute Gasteiger partial charge is 0.492 e. The van der Waals surface area contributed by atoms with E-state index in [-0.39, 0.29) is 5.91 Å². The third-order valence-corrected chi connectivity index (χ3v) is 3.67. The molecule has 0 spiro atoms. The first-order valence-electron chi connectivity index (χ1n) is 7.85. The van der Waals surface area contributed by atoms with Crippen LogP contribution in [0.25, 0.3) is 0 Å². The molecule has 1 aromatic heterocycles. The highest BCUT2D eigenvalue weighted by Crippen LogP contribution is 2.16. The fourth-order valence-corrected chi connectivity index (χ4v) is 2.56. The lowest BCUT2D eigenvalue weighted by atomic mass is 10.1. The van der Waals surface area contributed by atoms with E-state index in [9.17, 15) is 4.79 Å². The van der Waals surface area contributed by atoms with Gasteiger partial charge in [0.2, 0.25) is 5.91 Å². The Labute approximate surface area is 137 Å². The van der Waals surface area contributed by atoms with Crippen molar-refractivity contribution in [2.45, 2.75) is 40.5 Å². The summed E-state index contributed by atoms with van der Waals surface area (Å²) in [5.74, 6) is 1.63. The van der Waals surface area contributed by atoms with Crippen LogP contribution in [0.15, 0.2) is 22.7 Å². The highest BCUT2D eigenvalue weighted by atomic mass is 16.5. The number of aryl methyl sites for hydroxylation is 4. The Hall–Kier alpha value is -2.30. The average molecular weight is 316 g/mol. The second kappa shape index (κ2) is 7.81. The van der Waals surface area contributed by atoms with E-state index in [2.05, 4.69) is 16.5 Å². The Bertz CT molecular complexity index is 637. The second-order valence-corrected chi connectivity index (χ2v) is 5.82. The van der Waals surface area contributed by atoms with E-state index >= 15 is 0 Å². The highest BCUT2D eigenvalue weighted by Gasteiger charge is 2.10. The van der Waals surface area contributed by atoms with Crippen molar-refractivity contribution in [1.29, 1.82) is 0 Å². The van der Waals surface area contributed by atoms with Gasteiger partial charge >= 0.3 is 0 Å². The fourth-order valence-electron chi connectivity index (χ4n) is 2.56. The minimum absolute atomic E-state index is 0.00835. The van der Waals surface area contributed by atoms with Crippen LogP contribution in [-0.4, -0.2) is 24.2 Å². The number of benzene rings is 1. The van der Waals surface area contributed by atoms with Crippen LogP contribution in [0, 0.1) is 27.7 Å². The lowest BCUT2D eigenvalue weighted by Gasteiger charge is -2.09. The molecule has 2 rings (SSSR count). The summed E-state index contributed by atoms with van der Waals surface area (Å²) >= 11 is 0. The van der Waals surface area contributed by atoms with Crippen LogP contribution >= 0.6 is 0 Å². The molecule has 2 aromatic rings. The van der Waals surface area contributed by atoms with Gasteiger partial charge in [-0.3, -0.25) is 4.79 Å². The normalized spacial score (nSPS) is 10.6. The summed E-state index contributed by atoms with van der Waals surface area (Å²) < 4.78 is 10.8. The lowest BCUT2D eigenvalue weighted by molar-refractivity contribution is -0.121. The first kappa shape index (κ1) is 17.1. The SMILES string of the molecule is Cc1cc(C)cc(OCCNC(=O)CCc2c(C)noc2C)c1. The Balaban J connectivity index is 1.69. The fraction of sp³-hybridized carbons (Fsp3) is 0.444. The van der Waals surface area contributed by atoms with Crippen LogP contribution in [0.2, 0.25) is 0 Å². The number of nitrogens with zero attached hydrogens (tertiary/aromatic N) is 1. The molecule has 0 aliphatic rings. The van der Waals surface area contributed by atoms with Gasteiger partial charge in [-0.2, -0.15) is 0 Å². The number of hydrogen-bond donors (Lipinski definition) is 1. The molecular weight excluding hydrogens is 292 g/mol. The van der Waals surface area contributed by atoms with Crippen molar-refractivity contribution in [2.24, 2.45) is 0 Å². The van der Waals surface area contributed by atoms with Gasteiger partial charge in [0.05, 0.1) is 12.2 Å². The van der Waals surface area contributed by atoms with Gasteiger partial charge in [0.15, 0.2) is 0 Å². The zero-order valence-electron chi connectivity index (χ0n) is 14.2. The van der Waals surface area contributed by atoms with Crippen LogP contribution in [0.5, 0.6) is 5.75 Å². The van der Waals surface area contributed by atoms with Gasteiger partial charge in [0.25, 0.3) is 0 Å². The first-order valence-corrected chi connectivity index (χ1v) is 7.85. The van der Waals surface area contributed by atoms with Crippen molar-refractivity contribution in [3.8, 4) is 5.75 Å². The number of ether oxygens (including phenoxy) is 1. The molecule has 0 unspecified atom stereocenters. The molecule has 0 atom stereocenters. The van der Waals surface area contributed by atoms with Crippen LogP contribution in [0.4, 0.5) is 0 Å². The first-order chi connectivity index (χ1) is 11.0. The van der Waals surface area contributed by atoms with Gasteiger partial charge in [0.1, 0.15) is 18.1 Å². The van der Waals surface area contributed by atoms with Gasteiger partial charge in [-0.25, -0.2) is 0 Å². The van der Waals surface area contributed by atoms with Crippen LogP contribution in [0.3, 0.4) is 0 Å². The van der Waals surface area contributed by atoms with Crippen molar-refractivity contribution in [2.75, 3.05) is 13.2 Å². The molecule has 1 amide bonds. The summed E-state index contributed by atoms with van der Waals surface area (Å²) in [6.45, 7) is 8.78. The molecular formula is C18H24N2O3. The second-order valence-electron chi connectivity index (χ2n) is 5.82. The van der Waals surface area contributed by atoms with Crippen LogP contribution < -0.4 is 10.1 Å². The smallest absolute Gasteiger partial charge is 0.220 e. The van der Waals surface area contributed by atoms with Crippen molar-refractivity contribution in [3.63, 3.8) is 0 Å². The number of aromatic nitrogens is 1. The minimum Gasteiger partial charge on any atom is -0.492 e. The maximum atomic E-state index is 11.9. The summed E-state index contributed by atoms with van der Waals surface area (Å²) in [5, 5.41) is 6.76. The molecule has 0 saturated carbocycles. The summed E-state index contributed by atoms with van der Waals surface area (Å²) in [5.41, 5.74) is 4.21. The molecule has 0 fully saturated rings. The molecule has 0 saturated heterocycles. The molecule has 0 aliphatic heterocycles. The molecule has 5 nitrogen and oxygen atoms in total. The third-order valence-electron chi connectivity index (χ3n) is 3.67. The number of amides is 1. The van der Waals surface area contributed by atoms with E-state index in [1.807, 2.05) is 39.8 Å². The number of hydrogen-bond acceptors (Lipinski definition) is 4. The van der Waals surface area contributed by atoms with Crippen LogP contribution in [0.1, 0.15) is 34.6 Å². The monoisotopic (exact) mass is 316 g/mol. The van der Waals surface area contributed by atoms with E-state index in [0.717, 1.165) is 22.8 Å². The van der Waals surface area contributed by atoms with Gasteiger partial charge in [-0.15, -0.1) is 0 Å². The Morgan fingerprint density at radius 2 is 1.87 bits per heavy atom. The number of nitrogens with one attached hydrogen (secondary N) is 1. The predicted molar refractivity (Wildman–Crippen MR) is 88.7 cm³/mol. The molecule has 0 radical (unpaired) electrons. The number of carbonyl (C=O) groups is 1. The lowest BCUT2D eigenvalue weighted by Crippen LogP contribution is -2.28. The summed E-state index contributed by atoms with van der Waals surface area (Å²) in [6.07, 6.45) is 1.07. The minimum atomic E-state index is 0.00835. The molecule has 124 valence electrons. The molecule has 1 heterocycles. The Kier molecular flexibility index (Phi) is 5.79. The maximum Gasteiger partial charge on any atom is 0.220 e. The van der Waals surface area contributed by atoms with Gasteiger partial charge in [-0.1, -0.05) is 11.2 Å². The molecule has 0 aliphatic carbocycles. The third kappa shape index (κ3) is 5.13. The summed E-state index contributed by atoms with van der Waals surface area (Å²) in [4.78, 5) is 11.9. The molecule has 23 heavy (non-hydrogen) atoms. The van der Waals surface area contributed by atoms with Crippen LogP contribution in [-0.2, 0) is 11.2 Å². The zero-order chi connectivity index (χ0) is 16.8. The van der Waals surface area contributed by atoms with Gasteiger partial charge < -0.3 is 14.6 Å². The van der Waals surface area contributed by atoms with Crippen molar-refractivity contribution in [3.05, 3.63) is 46.3 Å². The number of rotatable bonds is 7. The molecule has 5 heteroatoms. The highest BCUT2D eigenvalue weighted by molar-refractivity contribution is 5.76. The Morgan fingerprint density at radius 1 is 1.17 bits per heavy atom. The molecule has 1 aromatic carbocycles. The van der Waals surface area contributed by atoms with E-state index in [1.165, 1.54) is 11.1 Å². The topological polar surface area (TPSA) is 64.4 Å².